The zero-order chi connectivity index (χ0) is 25.7. The van der Waals surface area contributed by atoms with E-state index in [2.05, 4.69) is 10.6 Å². The van der Waals surface area contributed by atoms with E-state index in [9.17, 15) is 18.0 Å². The van der Waals surface area contributed by atoms with Crippen LogP contribution in [0.3, 0.4) is 0 Å². The van der Waals surface area contributed by atoms with Gasteiger partial charge in [-0.1, -0.05) is 19.9 Å². The molecule has 34 heavy (non-hydrogen) atoms. The third-order valence-electron chi connectivity index (χ3n) is 4.87. The highest BCUT2D eigenvalue weighted by atomic mass is 32.2. The number of methoxy groups -OCH3 is 1. The van der Waals surface area contributed by atoms with Gasteiger partial charge >= 0.3 is 6.09 Å². The third kappa shape index (κ3) is 6.71. The van der Waals surface area contributed by atoms with Gasteiger partial charge in [-0.25, -0.2) is 13.2 Å². The predicted molar refractivity (Wildman–Crippen MR) is 132 cm³/mol. The van der Waals surface area contributed by atoms with Gasteiger partial charge in [-0.2, -0.15) is 4.31 Å². The third-order valence-corrected chi connectivity index (χ3v) is 7.06. The molecule has 186 valence electrons. The SMILES string of the molecule is CCN(CC)S(=O)(=O)c1cc(C(=O)Nc2ccc(OC)c(NC(=O)OC(C)(C)C)c2)ccc1C. The van der Waals surface area contributed by atoms with Crippen LogP contribution in [0, 0.1) is 6.92 Å². The molecule has 10 heteroatoms. The number of nitrogens with one attached hydrogen (secondary N) is 2. The van der Waals surface area contributed by atoms with Crippen molar-refractivity contribution in [3.63, 3.8) is 0 Å². The van der Waals surface area contributed by atoms with E-state index in [1.165, 1.54) is 23.5 Å². The highest BCUT2D eigenvalue weighted by molar-refractivity contribution is 7.89. The van der Waals surface area contributed by atoms with Crippen molar-refractivity contribution in [1.29, 1.82) is 0 Å². The van der Waals surface area contributed by atoms with Crippen molar-refractivity contribution in [1.82, 2.24) is 4.31 Å². The molecule has 0 saturated heterocycles. The van der Waals surface area contributed by atoms with Gasteiger partial charge in [-0.05, 0) is 63.6 Å². The summed E-state index contributed by atoms with van der Waals surface area (Å²) in [5, 5.41) is 5.34. The summed E-state index contributed by atoms with van der Waals surface area (Å²) in [5.41, 5.74) is 0.747. The Morgan fingerprint density at radius 3 is 2.21 bits per heavy atom. The number of aryl methyl sites for hydroxylation is 1. The zero-order valence-corrected chi connectivity index (χ0v) is 21.5. The molecule has 0 bridgehead atoms. The Kier molecular flexibility index (Phi) is 8.68. The number of anilines is 2. The second-order valence-electron chi connectivity index (χ2n) is 8.57. The Morgan fingerprint density at radius 1 is 1.00 bits per heavy atom. The molecular formula is C24H33N3O6S. The number of carbonyl (C=O) groups is 2. The smallest absolute Gasteiger partial charge is 0.412 e. The van der Waals surface area contributed by atoms with Gasteiger partial charge in [0.05, 0.1) is 17.7 Å². The lowest BCUT2D eigenvalue weighted by atomic mass is 10.1. The van der Waals surface area contributed by atoms with E-state index in [1.54, 1.807) is 65.8 Å². The molecule has 2 rings (SSSR count). The summed E-state index contributed by atoms with van der Waals surface area (Å²) in [4.78, 5) is 25.2. The molecule has 2 amide bonds. The molecule has 0 saturated carbocycles. The van der Waals surface area contributed by atoms with Crippen LogP contribution < -0.4 is 15.4 Å². The number of carbonyl (C=O) groups excluding carboxylic acids is 2. The summed E-state index contributed by atoms with van der Waals surface area (Å²) in [6.45, 7) is 11.1. The molecule has 2 N–H and O–H groups in total. The number of benzene rings is 2. The summed E-state index contributed by atoms with van der Waals surface area (Å²) < 4.78 is 37.9. The lowest BCUT2D eigenvalue weighted by molar-refractivity contribution is 0.0635. The number of nitrogens with zero attached hydrogens (tertiary/aromatic N) is 1. The van der Waals surface area contributed by atoms with Crippen LogP contribution in [0.4, 0.5) is 16.2 Å². The van der Waals surface area contributed by atoms with Crippen molar-refractivity contribution in [2.24, 2.45) is 0 Å². The monoisotopic (exact) mass is 491 g/mol. The molecular weight excluding hydrogens is 458 g/mol. The Morgan fingerprint density at radius 2 is 1.65 bits per heavy atom. The second kappa shape index (κ2) is 10.9. The van der Waals surface area contributed by atoms with Gasteiger partial charge < -0.3 is 14.8 Å². The summed E-state index contributed by atoms with van der Waals surface area (Å²) in [7, 11) is -2.27. The fourth-order valence-electron chi connectivity index (χ4n) is 3.22. The van der Waals surface area contributed by atoms with E-state index in [0.29, 0.717) is 35.8 Å². The number of ether oxygens (including phenoxy) is 2. The molecule has 0 aromatic heterocycles. The first-order valence-corrected chi connectivity index (χ1v) is 12.4. The van der Waals surface area contributed by atoms with Crippen molar-refractivity contribution >= 4 is 33.4 Å². The second-order valence-corrected chi connectivity index (χ2v) is 10.5. The van der Waals surface area contributed by atoms with Gasteiger partial charge in [0.25, 0.3) is 5.91 Å². The van der Waals surface area contributed by atoms with Crippen LogP contribution in [-0.2, 0) is 14.8 Å². The standard InChI is InChI=1S/C24H33N3O6S/c1-8-27(9-2)34(30,31)21-14-17(11-10-16(21)3)22(28)25-18-12-13-20(32-7)19(15-18)26-23(29)33-24(4,5)6/h10-15H,8-9H2,1-7H3,(H,25,28)(H,26,29). The molecule has 0 aliphatic carbocycles. The average molecular weight is 492 g/mol. The van der Waals surface area contributed by atoms with E-state index in [-0.39, 0.29) is 10.5 Å². The summed E-state index contributed by atoms with van der Waals surface area (Å²) in [6, 6.07) is 9.28. The van der Waals surface area contributed by atoms with Gasteiger partial charge in [-0.3, -0.25) is 10.1 Å². The molecule has 2 aromatic rings. The summed E-state index contributed by atoms with van der Waals surface area (Å²) >= 11 is 0. The van der Waals surface area contributed by atoms with E-state index < -0.39 is 27.6 Å². The molecule has 0 aliphatic rings. The molecule has 0 spiro atoms. The van der Waals surface area contributed by atoms with E-state index in [4.69, 9.17) is 9.47 Å². The Bertz CT molecular complexity index is 1150. The number of hydrogen-bond donors (Lipinski definition) is 2. The number of amides is 2. The van der Waals surface area contributed by atoms with Crippen molar-refractivity contribution in [3.05, 3.63) is 47.5 Å². The summed E-state index contributed by atoms with van der Waals surface area (Å²) in [5.74, 6) is -0.115. The van der Waals surface area contributed by atoms with Crippen molar-refractivity contribution in [2.75, 3.05) is 30.8 Å². The lowest BCUT2D eigenvalue weighted by Gasteiger charge is -2.21. The average Bonchev–Trinajstić information content (AvgIpc) is 2.73. The zero-order valence-electron chi connectivity index (χ0n) is 20.7. The normalized spacial score (nSPS) is 11.8. The lowest BCUT2D eigenvalue weighted by Crippen LogP contribution is -2.31. The van der Waals surface area contributed by atoms with Gasteiger partial charge in [0.1, 0.15) is 11.4 Å². The van der Waals surface area contributed by atoms with Gasteiger partial charge in [0.15, 0.2) is 0 Å². The van der Waals surface area contributed by atoms with Crippen LogP contribution in [0.2, 0.25) is 0 Å². The molecule has 0 atom stereocenters. The summed E-state index contributed by atoms with van der Waals surface area (Å²) in [6.07, 6.45) is -0.668. The molecule has 0 aliphatic heterocycles. The van der Waals surface area contributed by atoms with Crippen LogP contribution in [-0.4, -0.2) is 50.5 Å². The Hall–Kier alpha value is -3.11. The Balaban J connectivity index is 2.31. The molecule has 0 fully saturated rings. The van der Waals surface area contributed by atoms with Crippen LogP contribution in [0.5, 0.6) is 5.75 Å². The highest BCUT2D eigenvalue weighted by Gasteiger charge is 2.25. The molecule has 9 nitrogen and oxygen atoms in total. The number of hydrogen-bond acceptors (Lipinski definition) is 6. The minimum absolute atomic E-state index is 0.0888. The molecule has 0 heterocycles. The molecule has 0 radical (unpaired) electrons. The maximum Gasteiger partial charge on any atom is 0.412 e. The van der Waals surface area contributed by atoms with Crippen LogP contribution in [0.15, 0.2) is 41.3 Å². The number of sulfonamides is 1. The highest BCUT2D eigenvalue weighted by Crippen LogP contribution is 2.29. The first-order valence-electron chi connectivity index (χ1n) is 10.9. The minimum atomic E-state index is -3.73. The van der Waals surface area contributed by atoms with Crippen molar-refractivity contribution in [3.8, 4) is 5.75 Å². The van der Waals surface area contributed by atoms with Gasteiger partial charge in [-0.15, -0.1) is 0 Å². The fraction of sp³-hybridized carbons (Fsp3) is 0.417. The van der Waals surface area contributed by atoms with Crippen molar-refractivity contribution in [2.45, 2.75) is 52.0 Å². The first-order chi connectivity index (χ1) is 15.8. The fourth-order valence-corrected chi connectivity index (χ4v) is 4.93. The Labute approximate surface area is 201 Å². The van der Waals surface area contributed by atoms with Crippen LogP contribution in [0.1, 0.15) is 50.5 Å². The number of rotatable bonds is 8. The first kappa shape index (κ1) is 27.1. The molecule has 0 unspecified atom stereocenters. The van der Waals surface area contributed by atoms with Crippen molar-refractivity contribution < 1.29 is 27.5 Å². The van der Waals surface area contributed by atoms with E-state index in [1.807, 2.05) is 0 Å². The van der Waals surface area contributed by atoms with E-state index in [0.717, 1.165) is 0 Å². The van der Waals surface area contributed by atoms with Crippen LogP contribution in [0.25, 0.3) is 0 Å². The van der Waals surface area contributed by atoms with Gasteiger partial charge in [0.2, 0.25) is 10.0 Å². The van der Waals surface area contributed by atoms with Crippen LogP contribution >= 0.6 is 0 Å². The van der Waals surface area contributed by atoms with Gasteiger partial charge in [0, 0.05) is 24.3 Å². The maximum absolute atomic E-state index is 13.0. The minimum Gasteiger partial charge on any atom is -0.495 e. The quantitative estimate of drug-likeness (QED) is 0.556. The maximum atomic E-state index is 13.0. The molecule has 2 aromatic carbocycles. The topological polar surface area (TPSA) is 114 Å². The largest absolute Gasteiger partial charge is 0.495 e. The predicted octanol–water partition coefficient (Wildman–Crippen LogP) is 4.63. The van der Waals surface area contributed by atoms with E-state index >= 15 is 0 Å².